The van der Waals surface area contributed by atoms with E-state index in [9.17, 15) is 9.59 Å². The van der Waals surface area contributed by atoms with Gasteiger partial charge in [-0.3, -0.25) is 9.59 Å². The highest BCUT2D eigenvalue weighted by molar-refractivity contribution is 6.00. The van der Waals surface area contributed by atoms with E-state index >= 15 is 0 Å². The van der Waals surface area contributed by atoms with Gasteiger partial charge in [-0.05, 0) is 25.7 Å². The standard InChI is InChI=1S/C9H17NO3/c1-6(2)4-5-9(3,7(10)11)8(12)13/h6H,4-5H2,1-3H3,(H2,10,11)(H,12,13). The first kappa shape index (κ1) is 11.9. The van der Waals surface area contributed by atoms with Crippen molar-refractivity contribution >= 4 is 11.9 Å². The van der Waals surface area contributed by atoms with Crippen LogP contribution in [0.1, 0.15) is 33.6 Å². The van der Waals surface area contributed by atoms with E-state index in [4.69, 9.17) is 10.8 Å². The van der Waals surface area contributed by atoms with E-state index in [0.717, 1.165) is 0 Å². The van der Waals surface area contributed by atoms with Gasteiger partial charge in [0.15, 0.2) is 0 Å². The fourth-order valence-corrected chi connectivity index (χ4v) is 0.913. The number of carbonyl (C=O) groups excluding carboxylic acids is 1. The number of nitrogens with two attached hydrogens (primary N) is 1. The largest absolute Gasteiger partial charge is 0.480 e. The van der Waals surface area contributed by atoms with Gasteiger partial charge < -0.3 is 10.8 Å². The third kappa shape index (κ3) is 3.05. The van der Waals surface area contributed by atoms with E-state index < -0.39 is 17.3 Å². The van der Waals surface area contributed by atoms with Crippen LogP contribution in [0.5, 0.6) is 0 Å². The van der Waals surface area contributed by atoms with Crippen molar-refractivity contribution in [1.82, 2.24) is 0 Å². The molecule has 76 valence electrons. The molecule has 0 saturated heterocycles. The van der Waals surface area contributed by atoms with Gasteiger partial charge in [0.25, 0.3) is 0 Å². The second-order valence-corrected chi connectivity index (χ2v) is 3.93. The van der Waals surface area contributed by atoms with Crippen LogP contribution in [-0.2, 0) is 9.59 Å². The summed E-state index contributed by atoms with van der Waals surface area (Å²) in [6.07, 6.45) is 0.987. The molecule has 1 unspecified atom stereocenters. The Labute approximate surface area is 78.1 Å². The molecule has 0 heterocycles. The Balaban J connectivity index is 4.44. The third-order valence-electron chi connectivity index (χ3n) is 2.24. The molecule has 13 heavy (non-hydrogen) atoms. The Morgan fingerprint density at radius 1 is 1.46 bits per heavy atom. The maximum absolute atomic E-state index is 10.9. The highest BCUT2D eigenvalue weighted by atomic mass is 16.4. The Bertz CT molecular complexity index is 197. The van der Waals surface area contributed by atoms with Crippen LogP contribution in [-0.4, -0.2) is 17.0 Å². The highest BCUT2D eigenvalue weighted by Gasteiger charge is 2.39. The third-order valence-corrected chi connectivity index (χ3v) is 2.24. The van der Waals surface area contributed by atoms with Gasteiger partial charge in [0.05, 0.1) is 0 Å². The molecule has 0 saturated carbocycles. The van der Waals surface area contributed by atoms with E-state index in [-0.39, 0.29) is 0 Å². The summed E-state index contributed by atoms with van der Waals surface area (Å²) in [6.45, 7) is 5.33. The molecule has 4 heteroatoms. The summed E-state index contributed by atoms with van der Waals surface area (Å²) in [5.41, 5.74) is 3.63. The fraction of sp³-hybridized carbons (Fsp3) is 0.778. The molecule has 3 N–H and O–H groups in total. The van der Waals surface area contributed by atoms with Crippen LogP contribution >= 0.6 is 0 Å². The molecule has 0 aromatic rings. The van der Waals surface area contributed by atoms with Crippen molar-refractivity contribution in [3.63, 3.8) is 0 Å². The molecule has 1 amide bonds. The van der Waals surface area contributed by atoms with Crippen LogP contribution in [0.4, 0.5) is 0 Å². The first-order chi connectivity index (χ1) is 5.80. The highest BCUT2D eigenvalue weighted by Crippen LogP contribution is 2.25. The lowest BCUT2D eigenvalue weighted by atomic mass is 9.83. The maximum Gasteiger partial charge on any atom is 0.318 e. The number of carbonyl (C=O) groups is 2. The van der Waals surface area contributed by atoms with Crippen molar-refractivity contribution in [2.24, 2.45) is 17.1 Å². The Kier molecular flexibility index (Phi) is 3.91. The van der Waals surface area contributed by atoms with Crippen molar-refractivity contribution in [2.75, 3.05) is 0 Å². The SMILES string of the molecule is CC(C)CCC(C)(C(N)=O)C(=O)O. The normalized spacial score (nSPS) is 15.4. The summed E-state index contributed by atoms with van der Waals surface area (Å²) in [5.74, 6) is -1.53. The minimum Gasteiger partial charge on any atom is -0.480 e. The van der Waals surface area contributed by atoms with Crippen molar-refractivity contribution < 1.29 is 14.7 Å². The van der Waals surface area contributed by atoms with Gasteiger partial charge in [0.2, 0.25) is 5.91 Å². The van der Waals surface area contributed by atoms with Gasteiger partial charge in [0, 0.05) is 0 Å². The van der Waals surface area contributed by atoms with Crippen molar-refractivity contribution in [2.45, 2.75) is 33.6 Å². The van der Waals surface area contributed by atoms with E-state index in [2.05, 4.69) is 0 Å². The number of rotatable bonds is 5. The van der Waals surface area contributed by atoms with Gasteiger partial charge in [-0.25, -0.2) is 0 Å². The number of primary amides is 1. The first-order valence-corrected chi connectivity index (χ1v) is 4.34. The lowest BCUT2D eigenvalue weighted by Crippen LogP contribution is -2.41. The van der Waals surface area contributed by atoms with Crippen LogP contribution in [0.15, 0.2) is 0 Å². The molecule has 0 radical (unpaired) electrons. The van der Waals surface area contributed by atoms with E-state index in [1.54, 1.807) is 0 Å². The van der Waals surface area contributed by atoms with Crippen molar-refractivity contribution in [3.8, 4) is 0 Å². The van der Waals surface area contributed by atoms with Gasteiger partial charge in [-0.1, -0.05) is 13.8 Å². The summed E-state index contributed by atoms with van der Waals surface area (Å²) in [5, 5.41) is 8.81. The molecule has 0 spiro atoms. The molecule has 0 aliphatic heterocycles. The summed E-state index contributed by atoms with van der Waals surface area (Å²) in [6, 6.07) is 0. The average Bonchev–Trinajstić information content (AvgIpc) is 1.99. The summed E-state index contributed by atoms with van der Waals surface area (Å²) in [7, 11) is 0. The van der Waals surface area contributed by atoms with Gasteiger partial charge in [-0.15, -0.1) is 0 Å². The molecule has 0 aliphatic rings. The molecule has 0 aromatic carbocycles. The lowest BCUT2D eigenvalue weighted by molar-refractivity contribution is -0.154. The Morgan fingerprint density at radius 3 is 2.15 bits per heavy atom. The maximum atomic E-state index is 10.9. The van der Waals surface area contributed by atoms with E-state index in [1.165, 1.54) is 6.92 Å². The molecular formula is C9H17NO3. The average molecular weight is 187 g/mol. The van der Waals surface area contributed by atoms with Crippen molar-refractivity contribution in [3.05, 3.63) is 0 Å². The number of hydrogen-bond donors (Lipinski definition) is 2. The number of hydrogen-bond acceptors (Lipinski definition) is 2. The molecule has 4 nitrogen and oxygen atoms in total. The number of carboxylic acid groups (broad SMARTS) is 1. The van der Waals surface area contributed by atoms with Crippen LogP contribution in [0.2, 0.25) is 0 Å². The zero-order valence-electron chi connectivity index (χ0n) is 8.33. The van der Waals surface area contributed by atoms with Crippen LogP contribution < -0.4 is 5.73 Å². The molecule has 0 aromatic heterocycles. The molecule has 0 rings (SSSR count). The van der Waals surface area contributed by atoms with E-state index in [0.29, 0.717) is 18.8 Å². The topological polar surface area (TPSA) is 80.4 Å². The fourth-order valence-electron chi connectivity index (χ4n) is 0.913. The zero-order valence-corrected chi connectivity index (χ0v) is 8.33. The zero-order chi connectivity index (χ0) is 10.6. The smallest absolute Gasteiger partial charge is 0.318 e. The van der Waals surface area contributed by atoms with Gasteiger partial charge in [0.1, 0.15) is 5.41 Å². The molecule has 1 atom stereocenters. The van der Waals surface area contributed by atoms with E-state index in [1.807, 2.05) is 13.8 Å². The molecule has 0 aliphatic carbocycles. The number of amides is 1. The minimum atomic E-state index is -1.41. The number of carboxylic acids is 1. The Hall–Kier alpha value is -1.06. The summed E-state index contributed by atoms with van der Waals surface area (Å²) in [4.78, 5) is 21.7. The molecule has 0 fully saturated rings. The lowest BCUT2D eigenvalue weighted by Gasteiger charge is -2.21. The molecular weight excluding hydrogens is 170 g/mol. The predicted molar refractivity (Wildman–Crippen MR) is 49.0 cm³/mol. The predicted octanol–water partition coefficient (Wildman–Crippen LogP) is 0.999. The molecule has 0 bridgehead atoms. The van der Waals surface area contributed by atoms with Gasteiger partial charge in [-0.2, -0.15) is 0 Å². The quantitative estimate of drug-likeness (QED) is 0.630. The van der Waals surface area contributed by atoms with Crippen LogP contribution in [0.3, 0.4) is 0 Å². The Morgan fingerprint density at radius 2 is 1.92 bits per heavy atom. The number of aliphatic carboxylic acids is 1. The van der Waals surface area contributed by atoms with Crippen LogP contribution in [0, 0.1) is 11.3 Å². The van der Waals surface area contributed by atoms with Gasteiger partial charge >= 0.3 is 5.97 Å². The first-order valence-electron chi connectivity index (χ1n) is 4.34. The van der Waals surface area contributed by atoms with Crippen molar-refractivity contribution in [1.29, 1.82) is 0 Å². The second kappa shape index (κ2) is 4.25. The monoisotopic (exact) mass is 187 g/mol. The summed E-state index contributed by atoms with van der Waals surface area (Å²) < 4.78 is 0. The minimum absolute atomic E-state index is 0.301. The summed E-state index contributed by atoms with van der Waals surface area (Å²) >= 11 is 0. The van der Waals surface area contributed by atoms with Crippen LogP contribution in [0.25, 0.3) is 0 Å². The second-order valence-electron chi connectivity index (χ2n) is 3.93.